The number of hydrogen-bond acceptors (Lipinski definition) is 3. The molecule has 0 radical (unpaired) electrons. The second-order valence-corrected chi connectivity index (χ2v) is 7.77. The van der Waals surface area contributed by atoms with Crippen LogP contribution in [0.25, 0.3) is 0 Å². The Morgan fingerprint density at radius 3 is 2.85 bits per heavy atom. The van der Waals surface area contributed by atoms with Crippen molar-refractivity contribution in [2.45, 2.75) is 44.6 Å². The molecular weight excluding hydrogens is 342 g/mol. The molecule has 6 heteroatoms. The standard InChI is InChI=1S/C21H31N3O3/c1-23(14-17-13-20(25)24(15-17)18-7-3-4-8-18)21(26)22-11-10-16-6-5-9-19(12-16)27-2/h5-6,9,12,17-18H,3-4,7-8,10-11,13-15H2,1-2H3,(H,22,26)/t17-/m1/s1. The molecule has 2 fully saturated rings. The first kappa shape index (κ1) is 19.5. The molecule has 1 aliphatic carbocycles. The monoisotopic (exact) mass is 373 g/mol. The number of methoxy groups -OCH3 is 1. The van der Waals surface area contributed by atoms with Gasteiger partial charge in [0.1, 0.15) is 5.75 Å². The van der Waals surface area contributed by atoms with Crippen LogP contribution in [0.3, 0.4) is 0 Å². The van der Waals surface area contributed by atoms with Gasteiger partial charge in [0.05, 0.1) is 7.11 Å². The van der Waals surface area contributed by atoms with Gasteiger partial charge < -0.3 is 19.9 Å². The first-order chi connectivity index (χ1) is 13.1. The van der Waals surface area contributed by atoms with Crippen LogP contribution in [0.1, 0.15) is 37.7 Å². The summed E-state index contributed by atoms with van der Waals surface area (Å²) in [4.78, 5) is 28.4. The van der Waals surface area contributed by atoms with E-state index in [1.165, 1.54) is 12.8 Å². The van der Waals surface area contributed by atoms with Gasteiger partial charge in [-0.2, -0.15) is 0 Å². The fraction of sp³-hybridized carbons (Fsp3) is 0.619. The van der Waals surface area contributed by atoms with Crippen LogP contribution in [-0.2, 0) is 11.2 Å². The topological polar surface area (TPSA) is 61.9 Å². The molecule has 2 aliphatic rings. The predicted molar refractivity (Wildman–Crippen MR) is 105 cm³/mol. The molecule has 1 saturated carbocycles. The molecule has 27 heavy (non-hydrogen) atoms. The lowest BCUT2D eigenvalue weighted by Crippen LogP contribution is -2.41. The Kier molecular flexibility index (Phi) is 6.58. The molecule has 1 heterocycles. The van der Waals surface area contributed by atoms with Gasteiger partial charge in [0.2, 0.25) is 5.91 Å². The highest BCUT2D eigenvalue weighted by Crippen LogP contribution is 2.29. The third-order valence-electron chi connectivity index (χ3n) is 5.71. The van der Waals surface area contributed by atoms with Crippen molar-refractivity contribution in [1.29, 1.82) is 0 Å². The van der Waals surface area contributed by atoms with Crippen molar-refractivity contribution in [3.8, 4) is 5.75 Å². The zero-order valence-corrected chi connectivity index (χ0v) is 16.4. The normalized spacial score (nSPS) is 20.1. The van der Waals surface area contributed by atoms with Crippen molar-refractivity contribution >= 4 is 11.9 Å². The van der Waals surface area contributed by atoms with Gasteiger partial charge >= 0.3 is 6.03 Å². The molecule has 3 amide bonds. The molecule has 3 rings (SSSR count). The van der Waals surface area contributed by atoms with Gasteiger partial charge in [0.15, 0.2) is 0 Å². The number of rotatable bonds is 7. The fourth-order valence-electron chi connectivity index (χ4n) is 4.25. The van der Waals surface area contributed by atoms with E-state index in [1.807, 2.05) is 31.3 Å². The van der Waals surface area contributed by atoms with Crippen LogP contribution in [-0.4, -0.2) is 61.6 Å². The van der Waals surface area contributed by atoms with Crippen molar-refractivity contribution < 1.29 is 14.3 Å². The van der Waals surface area contributed by atoms with Crippen molar-refractivity contribution in [3.63, 3.8) is 0 Å². The molecule has 1 N–H and O–H groups in total. The maximum absolute atomic E-state index is 12.4. The summed E-state index contributed by atoms with van der Waals surface area (Å²) in [6, 6.07) is 8.23. The van der Waals surface area contributed by atoms with Crippen molar-refractivity contribution in [1.82, 2.24) is 15.1 Å². The van der Waals surface area contributed by atoms with Gasteiger partial charge in [-0.1, -0.05) is 25.0 Å². The van der Waals surface area contributed by atoms with E-state index in [2.05, 4.69) is 10.2 Å². The smallest absolute Gasteiger partial charge is 0.317 e. The maximum Gasteiger partial charge on any atom is 0.317 e. The van der Waals surface area contributed by atoms with Crippen LogP contribution in [0, 0.1) is 5.92 Å². The van der Waals surface area contributed by atoms with Crippen LogP contribution in [0.4, 0.5) is 4.79 Å². The molecular formula is C21H31N3O3. The Bertz CT molecular complexity index is 658. The Labute approximate surface area is 161 Å². The number of likely N-dealkylation sites (tertiary alicyclic amines) is 1. The summed E-state index contributed by atoms with van der Waals surface area (Å²) < 4.78 is 5.22. The number of nitrogens with one attached hydrogen (secondary N) is 1. The Morgan fingerprint density at radius 1 is 1.33 bits per heavy atom. The molecule has 0 unspecified atom stereocenters. The van der Waals surface area contributed by atoms with Crippen LogP contribution in [0.2, 0.25) is 0 Å². The van der Waals surface area contributed by atoms with Gasteiger partial charge in [0.25, 0.3) is 0 Å². The SMILES string of the molecule is COc1cccc(CCNC(=O)N(C)C[C@H]2CC(=O)N(C3CCCC3)C2)c1. The molecule has 148 valence electrons. The lowest BCUT2D eigenvalue weighted by Gasteiger charge is -2.25. The number of benzene rings is 1. The summed E-state index contributed by atoms with van der Waals surface area (Å²) in [6.45, 7) is 2.00. The van der Waals surface area contributed by atoms with E-state index >= 15 is 0 Å². The summed E-state index contributed by atoms with van der Waals surface area (Å²) in [5.41, 5.74) is 1.13. The highest BCUT2D eigenvalue weighted by atomic mass is 16.5. The zero-order valence-electron chi connectivity index (χ0n) is 16.4. The molecule has 0 aromatic heterocycles. The van der Waals surface area contributed by atoms with E-state index in [4.69, 9.17) is 4.74 Å². The van der Waals surface area contributed by atoms with E-state index in [9.17, 15) is 9.59 Å². The number of carbonyl (C=O) groups is 2. The molecule has 6 nitrogen and oxygen atoms in total. The summed E-state index contributed by atoms with van der Waals surface area (Å²) in [6.07, 6.45) is 6.06. The first-order valence-electron chi connectivity index (χ1n) is 9.98. The van der Waals surface area contributed by atoms with Gasteiger partial charge in [0, 0.05) is 45.1 Å². The minimum absolute atomic E-state index is 0.0790. The zero-order chi connectivity index (χ0) is 19.2. The second kappa shape index (κ2) is 9.11. The van der Waals surface area contributed by atoms with E-state index in [-0.39, 0.29) is 17.9 Å². The summed E-state index contributed by atoms with van der Waals surface area (Å²) in [5, 5.41) is 2.97. The predicted octanol–water partition coefficient (Wildman–Crippen LogP) is 2.67. The first-order valence-corrected chi connectivity index (χ1v) is 9.98. The number of amides is 3. The third-order valence-corrected chi connectivity index (χ3v) is 5.71. The minimum Gasteiger partial charge on any atom is -0.497 e. The van der Waals surface area contributed by atoms with E-state index in [0.29, 0.717) is 25.6 Å². The third kappa shape index (κ3) is 5.15. The van der Waals surface area contributed by atoms with Gasteiger partial charge in [-0.15, -0.1) is 0 Å². The lowest BCUT2D eigenvalue weighted by atomic mass is 10.1. The minimum atomic E-state index is -0.0790. The molecule has 1 aliphatic heterocycles. The molecule has 1 atom stereocenters. The van der Waals surface area contributed by atoms with Crippen molar-refractivity contribution in [2.24, 2.45) is 5.92 Å². The number of ether oxygens (including phenoxy) is 1. The number of carbonyl (C=O) groups excluding carboxylic acids is 2. The van der Waals surface area contributed by atoms with E-state index < -0.39 is 0 Å². The van der Waals surface area contributed by atoms with Crippen LogP contribution in [0.5, 0.6) is 5.75 Å². The quantitative estimate of drug-likeness (QED) is 0.799. The largest absolute Gasteiger partial charge is 0.497 e. The summed E-state index contributed by atoms with van der Waals surface area (Å²) in [5.74, 6) is 1.33. The van der Waals surface area contributed by atoms with Crippen molar-refractivity contribution in [3.05, 3.63) is 29.8 Å². The van der Waals surface area contributed by atoms with Crippen LogP contribution < -0.4 is 10.1 Å². The number of nitrogens with zero attached hydrogens (tertiary/aromatic N) is 2. The summed E-state index contributed by atoms with van der Waals surface area (Å²) in [7, 11) is 3.46. The Morgan fingerprint density at radius 2 is 2.11 bits per heavy atom. The molecule has 0 spiro atoms. The van der Waals surface area contributed by atoms with Crippen LogP contribution in [0.15, 0.2) is 24.3 Å². The summed E-state index contributed by atoms with van der Waals surface area (Å²) >= 11 is 0. The Balaban J connectivity index is 1.40. The molecule has 1 aromatic rings. The number of urea groups is 1. The maximum atomic E-state index is 12.4. The molecule has 1 aromatic carbocycles. The average molecular weight is 373 g/mol. The van der Waals surface area contributed by atoms with Gasteiger partial charge in [-0.05, 0) is 37.0 Å². The molecule has 0 bridgehead atoms. The number of hydrogen-bond donors (Lipinski definition) is 1. The highest BCUT2D eigenvalue weighted by molar-refractivity contribution is 5.79. The average Bonchev–Trinajstić information content (AvgIpc) is 3.31. The van der Waals surface area contributed by atoms with Crippen LogP contribution >= 0.6 is 0 Å². The Hall–Kier alpha value is -2.24. The fourth-order valence-corrected chi connectivity index (χ4v) is 4.25. The van der Waals surface area contributed by atoms with Gasteiger partial charge in [-0.3, -0.25) is 4.79 Å². The van der Waals surface area contributed by atoms with E-state index in [0.717, 1.165) is 37.1 Å². The lowest BCUT2D eigenvalue weighted by molar-refractivity contribution is -0.129. The van der Waals surface area contributed by atoms with E-state index in [1.54, 1.807) is 12.0 Å². The van der Waals surface area contributed by atoms with Crippen molar-refractivity contribution in [2.75, 3.05) is 33.8 Å². The van der Waals surface area contributed by atoms with Gasteiger partial charge in [-0.25, -0.2) is 4.79 Å². The highest BCUT2D eigenvalue weighted by Gasteiger charge is 2.36. The second-order valence-electron chi connectivity index (χ2n) is 7.77. The molecule has 1 saturated heterocycles.